The Morgan fingerprint density at radius 3 is 2.18 bits per heavy atom. The van der Waals surface area contributed by atoms with Crippen LogP contribution in [0.5, 0.6) is 11.5 Å². The van der Waals surface area contributed by atoms with Crippen LogP contribution in [0.2, 0.25) is 0 Å². The third kappa shape index (κ3) is 3.63. The van der Waals surface area contributed by atoms with E-state index in [0.29, 0.717) is 30.0 Å². The largest absolute Gasteiger partial charge is 0.497 e. The molecule has 34 heavy (non-hydrogen) atoms. The molecule has 3 aliphatic heterocycles. The van der Waals surface area contributed by atoms with E-state index in [0.717, 1.165) is 32.1 Å². The van der Waals surface area contributed by atoms with Gasteiger partial charge >= 0.3 is 0 Å². The summed E-state index contributed by atoms with van der Waals surface area (Å²) in [6.45, 7) is -0.00275. The summed E-state index contributed by atoms with van der Waals surface area (Å²) >= 11 is 0. The van der Waals surface area contributed by atoms with Gasteiger partial charge in [-0.15, -0.1) is 0 Å². The maximum Gasteiger partial charge on any atom is 0.296 e. The first-order valence-electron chi connectivity index (χ1n) is 11.9. The van der Waals surface area contributed by atoms with Gasteiger partial charge in [-0.25, -0.2) is 0 Å². The molecule has 0 aromatic heterocycles. The molecule has 9 heteroatoms. The summed E-state index contributed by atoms with van der Waals surface area (Å²) in [5.41, 5.74) is 0.798. The van der Waals surface area contributed by atoms with Crippen molar-refractivity contribution in [2.75, 3.05) is 20.8 Å². The van der Waals surface area contributed by atoms with Crippen LogP contribution in [-0.2, 0) is 14.4 Å². The molecule has 4 aliphatic rings. The van der Waals surface area contributed by atoms with E-state index in [-0.39, 0.29) is 30.0 Å². The van der Waals surface area contributed by atoms with Gasteiger partial charge in [0.25, 0.3) is 11.7 Å². The Kier molecular flexibility index (Phi) is 5.79. The van der Waals surface area contributed by atoms with Gasteiger partial charge in [-0.05, 0) is 44.2 Å². The quantitative estimate of drug-likeness (QED) is 0.486. The number of piperidine rings is 1. The molecule has 0 N–H and O–H groups in total. The van der Waals surface area contributed by atoms with E-state index >= 15 is 0 Å². The minimum Gasteiger partial charge on any atom is -0.497 e. The summed E-state index contributed by atoms with van der Waals surface area (Å²) in [5, 5.41) is 0. The first-order chi connectivity index (χ1) is 16.4. The van der Waals surface area contributed by atoms with E-state index in [1.165, 1.54) is 36.2 Å². The Bertz CT molecular complexity index is 1050. The molecule has 0 spiro atoms. The van der Waals surface area contributed by atoms with Gasteiger partial charge in [0.1, 0.15) is 24.1 Å². The van der Waals surface area contributed by atoms with Gasteiger partial charge < -0.3 is 24.2 Å². The van der Waals surface area contributed by atoms with Gasteiger partial charge in [0, 0.05) is 23.9 Å². The number of fused-ring (bicyclic) bond motifs is 4. The Hall–Kier alpha value is -3.36. The number of hydrogen-bond donors (Lipinski definition) is 0. The number of carbonyl (C=O) groups excluding carboxylic acids is 4. The fourth-order valence-corrected chi connectivity index (χ4v) is 5.73. The minimum atomic E-state index is -0.745. The number of piperazine rings is 1. The zero-order chi connectivity index (χ0) is 24.0. The smallest absolute Gasteiger partial charge is 0.296 e. The van der Waals surface area contributed by atoms with E-state index in [1.807, 2.05) is 0 Å². The molecule has 1 aliphatic carbocycles. The standard InChI is InChI=1S/C25H29N3O6/c1-33-17-10-15(11-18(12-17)34-2)23(30)25(32)28-19-8-5-9-20(28)24(31)27-14-22(29)26(13-21(19)27)16-6-3-4-7-16/h10-13,16,19-20H,3-9,14H2,1-2H3/t19-,20+/m1/s1. The Labute approximate surface area is 198 Å². The van der Waals surface area contributed by atoms with E-state index < -0.39 is 23.8 Å². The van der Waals surface area contributed by atoms with Crippen molar-refractivity contribution >= 4 is 23.5 Å². The van der Waals surface area contributed by atoms with Crippen LogP contribution >= 0.6 is 0 Å². The minimum absolute atomic E-state index is 0.00275. The lowest BCUT2D eigenvalue weighted by atomic mass is 9.86. The number of benzene rings is 1. The van der Waals surface area contributed by atoms with Crippen LogP contribution in [0.4, 0.5) is 0 Å². The highest BCUT2D eigenvalue weighted by Gasteiger charge is 2.51. The van der Waals surface area contributed by atoms with E-state index in [4.69, 9.17) is 9.47 Å². The molecule has 2 bridgehead atoms. The van der Waals surface area contributed by atoms with Crippen molar-refractivity contribution in [3.63, 3.8) is 0 Å². The molecular weight excluding hydrogens is 438 g/mol. The second-order valence-electron chi connectivity index (χ2n) is 9.32. The van der Waals surface area contributed by atoms with Crippen LogP contribution in [0.15, 0.2) is 30.1 Å². The molecule has 3 fully saturated rings. The number of carbonyl (C=O) groups is 4. The molecule has 180 valence electrons. The molecule has 1 saturated carbocycles. The van der Waals surface area contributed by atoms with Crippen molar-refractivity contribution in [2.45, 2.75) is 63.1 Å². The highest BCUT2D eigenvalue weighted by atomic mass is 16.5. The third-order valence-corrected chi connectivity index (χ3v) is 7.44. The normalized spacial score (nSPS) is 24.6. The second kappa shape index (κ2) is 8.77. The van der Waals surface area contributed by atoms with Crippen molar-refractivity contribution < 1.29 is 28.7 Å². The molecule has 0 radical (unpaired) electrons. The van der Waals surface area contributed by atoms with Crippen LogP contribution < -0.4 is 9.47 Å². The lowest BCUT2D eigenvalue weighted by molar-refractivity contribution is -0.156. The summed E-state index contributed by atoms with van der Waals surface area (Å²) in [7, 11) is 2.94. The summed E-state index contributed by atoms with van der Waals surface area (Å²) in [5.74, 6) is -0.999. The van der Waals surface area contributed by atoms with Crippen molar-refractivity contribution in [1.82, 2.24) is 14.7 Å². The van der Waals surface area contributed by atoms with Crippen LogP contribution in [0.25, 0.3) is 0 Å². The molecular formula is C25H29N3O6. The number of rotatable bonds is 5. The Morgan fingerprint density at radius 1 is 0.882 bits per heavy atom. The number of methoxy groups -OCH3 is 2. The summed E-state index contributed by atoms with van der Waals surface area (Å²) in [6.07, 6.45) is 7.69. The van der Waals surface area contributed by atoms with Crippen molar-refractivity contribution in [2.24, 2.45) is 0 Å². The maximum atomic E-state index is 13.5. The fourth-order valence-electron chi connectivity index (χ4n) is 5.73. The topological polar surface area (TPSA) is 96.5 Å². The van der Waals surface area contributed by atoms with Crippen LogP contribution in [0, 0.1) is 0 Å². The lowest BCUT2D eigenvalue weighted by Gasteiger charge is -2.52. The Morgan fingerprint density at radius 2 is 1.53 bits per heavy atom. The molecule has 9 nitrogen and oxygen atoms in total. The predicted octanol–water partition coefficient (Wildman–Crippen LogP) is 2.10. The van der Waals surface area contributed by atoms with E-state index in [1.54, 1.807) is 17.2 Å². The van der Waals surface area contributed by atoms with Crippen molar-refractivity contribution in [1.29, 1.82) is 0 Å². The van der Waals surface area contributed by atoms with Gasteiger partial charge in [0.15, 0.2) is 0 Å². The van der Waals surface area contributed by atoms with Gasteiger partial charge in [0.05, 0.1) is 26.0 Å². The maximum absolute atomic E-state index is 13.5. The molecule has 3 heterocycles. The predicted molar refractivity (Wildman–Crippen MR) is 121 cm³/mol. The summed E-state index contributed by atoms with van der Waals surface area (Å²) < 4.78 is 10.5. The van der Waals surface area contributed by atoms with Gasteiger partial charge in [-0.2, -0.15) is 0 Å². The lowest BCUT2D eigenvalue weighted by Crippen LogP contribution is -2.67. The second-order valence-corrected chi connectivity index (χ2v) is 9.32. The molecule has 3 amide bonds. The van der Waals surface area contributed by atoms with Crippen LogP contribution in [0.3, 0.4) is 0 Å². The van der Waals surface area contributed by atoms with Crippen LogP contribution in [0.1, 0.15) is 55.3 Å². The zero-order valence-corrected chi connectivity index (χ0v) is 19.5. The molecule has 1 aromatic rings. The number of nitrogens with zero attached hydrogens (tertiary/aromatic N) is 3. The zero-order valence-electron chi connectivity index (χ0n) is 19.5. The van der Waals surface area contributed by atoms with Crippen molar-refractivity contribution in [3.8, 4) is 11.5 Å². The molecule has 2 saturated heterocycles. The average Bonchev–Trinajstić information content (AvgIpc) is 3.40. The van der Waals surface area contributed by atoms with E-state index in [2.05, 4.69) is 0 Å². The highest BCUT2D eigenvalue weighted by molar-refractivity contribution is 6.43. The summed E-state index contributed by atoms with van der Waals surface area (Å²) in [6, 6.07) is 3.59. The van der Waals surface area contributed by atoms with Gasteiger partial charge in [-0.3, -0.25) is 19.2 Å². The first kappa shape index (κ1) is 22.4. The highest BCUT2D eigenvalue weighted by Crippen LogP contribution is 2.39. The number of ether oxygens (including phenoxy) is 2. The van der Waals surface area contributed by atoms with Crippen LogP contribution in [-0.4, -0.2) is 77.1 Å². The molecule has 0 unspecified atom stereocenters. The molecule has 2 atom stereocenters. The van der Waals surface area contributed by atoms with E-state index in [9.17, 15) is 19.2 Å². The SMILES string of the molecule is COc1cc(OC)cc(C(=O)C(=O)N2[C@@H]3CCC[C@H]2C(=O)N2CC(=O)N(C4CCCC4)C=C32)c1. The number of ketones is 1. The number of Topliss-reactive ketones (excluding diaryl/α,β-unsaturated/α-hetero) is 1. The summed E-state index contributed by atoms with van der Waals surface area (Å²) in [4.78, 5) is 57.8. The first-order valence-corrected chi connectivity index (χ1v) is 11.9. The fraction of sp³-hybridized carbons (Fsp3) is 0.520. The average molecular weight is 468 g/mol. The number of amides is 3. The van der Waals surface area contributed by atoms with Crippen molar-refractivity contribution in [3.05, 3.63) is 35.7 Å². The number of hydrogen-bond acceptors (Lipinski definition) is 6. The van der Waals surface area contributed by atoms with Gasteiger partial charge in [0.2, 0.25) is 11.8 Å². The Balaban J connectivity index is 1.49. The third-order valence-electron chi connectivity index (χ3n) is 7.44. The molecule has 1 aromatic carbocycles. The van der Waals surface area contributed by atoms with Gasteiger partial charge in [-0.1, -0.05) is 12.8 Å². The molecule has 5 rings (SSSR count). The monoisotopic (exact) mass is 467 g/mol.